The van der Waals surface area contributed by atoms with Gasteiger partial charge in [-0.1, -0.05) is 12.1 Å². The van der Waals surface area contributed by atoms with E-state index in [9.17, 15) is 14.0 Å². The molecule has 6 heteroatoms. The van der Waals surface area contributed by atoms with Gasteiger partial charge in [-0.15, -0.1) is 0 Å². The molecule has 1 aromatic heterocycles. The zero-order valence-corrected chi connectivity index (χ0v) is 10.6. The van der Waals surface area contributed by atoms with Gasteiger partial charge in [-0.25, -0.2) is 9.18 Å². The molecule has 100 valence electrons. The summed E-state index contributed by atoms with van der Waals surface area (Å²) >= 11 is 0. The van der Waals surface area contributed by atoms with Crippen molar-refractivity contribution in [2.75, 3.05) is 7.11 Å². The molecule has 0 aliphatic heterocycles. The minimum atomic E-state index is -0.567. The normalized spacial score (nSPS) is 10.5. The van der Waals surface area contributed by atoms with Crippen molar-refractivity contribution in [3.63, 3.8) is 0 Å². The predicted molar refractivity (Wildman–Crippen MR) is 68.0 cm³/mol. The van der Waals surface area contributed by atoms with Crippen molar-refractivity contribution in [3.05, 3.63) is 62.7 Å². The summed E-state index contributed by atoms with van der Waals surface area (Å²) in [5.41, 5.74) is -0.732. The summed E-state index contributed by atoms with van der Waals surface area (Å²) in [4.78, 5) is 23.5. The molecule has 0 aliphatic carbocycles. The van der Waals surface area contributed by atoms with Crippen molar-refractivity contribution < 1.29 is 9.13 Å². The van der Waals surface area contributed by atoms with Crippen molar-refractivity contribution in [2.45, 2.75) is 6.54 Å². The highest BCUT2D eigenvalue weighted by Gasteiger charge is 2.11. The zero-order valence-electron chi connectivity index (χ0n) is 10.6. The van der Waals surface area contributed by atoms with Crippen molar-refractivity contribution >= 4 is 0 Å². The molecule has 19 heavy (non-hydrogen) atoms. The molecule has 0 amide bonds. The molecule has 0 N–H and O–H groups in total. The van der Waals surface area contributed by atoms with Crippen molar-refractivity contribution in [1.29, 1.82) is 0 Å². The number of rotatable bonds is 3. The fourth-order valence-electron chi connectivity index (χ4n) is 1.77. The van der Waals surface area contributed by atoms with Crippen molar-refractivity contribution in [1.82, 2.24) is 9.13 Å². The third-order valence-electron chi connectivity index (χ3n) is 2.83. The molecular formula is C13H13FN2O3. The minimum Gasteiger partial charge on any atom is -0.494 e. The van der Waals surface area contributed by atoms with Crippen LogP contribution in [0.1, 0.15) is 5.56 Å². The molecule has 0 aliphatic rings. The number of aromatic nitrogens is 2. The molecule has 1 aromatic carbocycles. The first kappa shape index (κ1) is 13.1. The fraction of sp³-hybridized carbons (Fsp3) is 0.231. The van der Waals surface area contributed by atoms with Gasteiger partial charge in [0.15, 0.2) is 11.6 Å². The zero-order chi connectivity index (χ0) is 14.0. The molecule has 2 rings (SSSR count). The molecule has 5 nitrogen and oxygen atoms in total. The number of benzene rings is 1. The molecular weight excluding hydrogens is 251 g/mol. The Morgan fingerprint density at radius 1 is 1.26 bits per heavy atom. The second kappa shape index (κ2) is 5.09. The summed E-state index contributed by atoms with van der Waals surface area (Å²) < 4.78 is 21.1. The lowest BCUT2D eigenvalue weighted by Gasteiger charge is -2.09. The van der Waals surface area contributed by atoms with Crippen LogP contribution >= 0.6 is 0 Å². The Labute approximate surface area is 108 Å². The van der Waals surface area contributed by atoms with E-state index in [0.29, 0.717) is 0 Å². The van der Waals surface area contributed by atoms with E-state index >= 15 is 0 Å². The summed E-state index contributed by atoms with van der Waals surface area (Å²) in [5, 5.41) is 0. The number of nitrogens with zero attached hydrogens (tertiary/aromatic N) is 2. The molecule has 0 fully saturated rings. The third kappa shape index (κ3) is 2.42. The first-order valence-electron chi connectivity index (χ1n) is 5.62. The van der Waals surface area contributed by atoms with Crippen molar-refractivity contribution in [3.8, 4) is 5.75 Å². The minimum absolute atomic E-state index is 0.0818. The lowest BCUT2D eigenvalue weighted by molar-refractivity contribution is 0.383. The lowest BCUT2D eigenvalue weighted by atomic mass is 10.2. The van der Waals surface area contributed by atoms with Gasteiger partial charge in [-0.2, -0.15) is 0 Å². The summed E-state index contributed by atoms with van der Waals surface area (Å²) in [7, 11) is 2.89. The molecule has 0 radical (unpaired) electrons. The van der Waals surface area contributed by atoms with Crippen LogP contribution in [0.3, 0.4) is 0 Å². The van der Waals surface area contributed by atoms with Crippen LogP contribution in [0, 0.1) is 5.82 Å². The second-order valence-corrected chi connectivity index (χ2v) is 4.07. The van der Waals surface area contributed by atoms with Crippen LogP contribution in [-0.2, 0) is 13.6 Å². The Morgan fingerprint density at radius 3 is 2.68 bits per heavy atom. The van der Waals surface area contributed by atoms with E-state index in [1.807, 2.05) is 0 Å². The van der Waals surface area contributed by atoms with Crippen molar-refractivity contribution in [2.24, 2.45) is 7.05 Å². The first-order valence-corrected chi connectivity index (χ1v) is 5.62. The quantitative estimate of drug-likeness (QED) is 0.821. The van der Waals surface area contributed by atoms with Gasteiger partial charge >= 0.3 is 5.69 Å². The Kier molecular flexibility index (Phi) is 3.50. The van der Waals surface area contributed by atoms with Crippen LogP contribution < -0.4 is 16.0 Å². The molecule has 0 unspecified atom stereocenters. The van der Waals surface area contributed by atoms with Crippen LogP contribution in [0.25, 0.3) is 0 Å². The third-order valence-corrected chi connectivity index (χ3v) is 2.83. The van der Waals surface area contributed by atoms with E-state index in [1.165, 1.54) is 43.1 Å². The standard InChI is InChI=1S/C13H13FN2O3/c1-15-7-6-11(17)16(13(15)18)8-9-4-3-5-10(19-2)12(9)14/h3-7H,8H2,1-2H3. The number of halogens is 1. The summed E-state index contributed by atoms with van der Waals surface area (Å²) in [6, 6.07) is 5.86. The molecule has 2 aromatic rings. The van der Waals surface area contributed by atoms with Crippen LogP contribution in [0.2, 0.25) is 0 Å². The highest BCUT2D eigenvalue weighted by Crippen LogP contribution is 2.19. The monoisotopic (exact) mass is 264 g/mol. The Bertz CT molecular complexity index is 719. The van der Waals surface area contributed by atoms with E-state index < -0.39 is 17.1 Å². The molecule has 0 atom stereocenters. The molecule has 0 spiro atoms. The first-order chi connectivity index (χ1) is 9.04. The maximum Gasteiger partial charge on any atom is 0.331 e. The van der Waals surface area contributed by atoms with E-state index in [2.05, 4.69) is 0 Å². The van der Waals surface area contributed by atoms with Gasteiger partial charge in [0.05, 0.1) is 13.7 Å². The molecule has 0 saturated heterocycles. The van der Waals surface area contributed by atoms with E-state index in [1.54, 1.807) is 6.07 Å². The maximum atomic E-state index is 14.0. The SMILES string of the molecule is COc1cccc(Cn2c(=O)ccn(C)c2=O)c1F. The predicted octanol–water partition coefficient (Wildman–Crippen LogP) is 0.743. The molecule has 0 saturated carbocycles. The van der Waals surface area contributed by atoms with Gasteiger partial charge in [-0.05, 0) is 6.07 Å². The average Bonchev–Trinajstić information content (AvgIpc) is 2.41. The Morgan fingerprint density at radius 2 is 2.00 bits per heavy atom. The summed E-state index contributed by atoms with van der Waals surface area (Å²) in [5.74, 6) is -0.485. The number of methoxy groups -OCH3 is 1. The highest BCUT2D eigenvalue weighted by molar-refractivity contribution is 5.31. The highest BCUT2D eigenvalue weighted by atomic mass is 19.1. The molecule has 0 bridgehead atoms. The largest absolute Gasteiger partial charge is 0.494 e. The van der Waals surface area contributed by atoms with Gasteiger partial charge in [0.2, 0.25) is 0 Å². The van der Waals surface area contributed by atoms with Gasteiger partial charge in [0, 0.05) is 24.9 Å². The van der Waals surface area contributed by atoms with Gasteiger partial charge in [0.25, 0.3) is 5.56 Å². The number of hydrogen-bond acceptors (Lipinski definition) is 3. The fourth-order valence-corrected chi connectivity index (χ4v) is 1.77. The second-order valence-electron chi connectivity index (χ2n) is 4.07. The maximum absolute atomic E-state index is 14.0. The number of ether oxygens (including phenoxy) is 1. The van der Waals surface area contributed by atoms with Crippen LogP contribution in [0.15, 0.2) is 40.1 Å². The molecule has 1 heterocycles. The summed E-state index contributed by atoms with van der Waals surface area (Å²) in [6.07, 6.45) is 1.38. The average molecular weight is 264 g/mol. The van der Waals surface area contributed by atoms with Crippen LogP contribution in [0.4, 0.5) is 4.39 Å². The smallest absolute Gasteiger partial charge is 0.331 e. The van der Waals surface area contributed by atoms with Gasteiger partial charge in [-0.3, -0.25) is 9.36 Å². The van der Waals surface area contributed by atoms with E-state index in [4.69, 9.17) is 4.74 Å². The Hall–Kier alpha value is -2.37. The lowest BCUT2D eigenvalue weighted by Crippen LogP contribution is -2.38. The van der Waals surface area contributed by atoms with E-state index in [-0.39, 0.29) is 17.9 Å². The van der Waals surface area contributed by atoms with Crippen LogP contribution in [-0.4, -0.2) is 16.2 Å². The van der Waals surface area contributed by atoms with Crippen LogP contribution in [0.5, 0.6) is 5.75 Å². The number of aryl methyl sites for hydroxylation is 1. The van der Waals surface area contributed by atoms with E-state index in [0.717, 1.165) is 4.57 Å². The van der Waals surface area contributed by atoms with Gasteiger partial charge < -0.3 is 9.30 Å². The number of hydrogen-bond donors (Lipinski definition) is 0. The topological polar surface area (TPSA) is 53.2 Å². The summed E-state index contributed by atoms with van der Waals surface area (Å²) in [6.45, 7) is -0.130. The van der Waals surface area contributed by atoms with Gasteiger partial charge in [0.1, 0.15) is 0 Å². The Balaban J connectivity index is 2.51.